The predicted octanol–water partition coefficient (Wildman–Crippen LogP) is 0.581. The van der Waals surface area contributed by atoms with Crippen LogP contribution in [0.1, 0.15) is 12.7 Å². The molecular formula is C13H23Cl2N5O2S. The summed E-state index contributed by atoms with van der Waals surface area (Å²) in [4.78, 5) is 21.0. The molecule has 3 heterocycles. The fourth-order valence-electron chi connectivity index (χ4n) is 2.56. The number of ether oxygens (including phenoxy) is 1. The molecule has 1 N–H and O–H groups in total. The van der Waals surface area contributed by atoms with Crippen LogP contribution < -0.4 is 10.2 Å². The third-order valence-electron chi connectivity index (χ3n) is 3.84. The van der Waals surface area contributed by atoms with Crippen LogP contribution in [0.5, 0.6) is 0 Å². The van der Waals surface area contributed by atoms with Gasteiger partial charge in [0.1, 0.15) is 11.9 Å². The quantitative estimate of drug-likeness (QED) is 0.822. The summed E-state index contributed by atoms with van der Waals surface area (Å²) in [6, 6.07) is 0. The van der Waals surface area contributed by atoms with E-state index in [4.69, 9.17) is 4.74 Å². The number of carbonyl (C=O) groups excluding carboxylic acids is 1. The van der Waals surface area contributed by atoms with Gasteiger partial charge in [0, 0.05) is 57.2 Å². The van der Waals surface area contributed by atoms with Crippen LogP contribution in [-0.4, -0.2) is 72.1 Å². The number of nitrogens with zero attached hydrogens (tertiary/aromatic N) is 4. The Balaban J connectivity index is 0.00000132. The molecule has 2 saturated heterocycles. The number of piperazine rings is 1. The third kappa shape index (κ3) is 4.90. The highest BCUT2D eigenvalue weighted by atomic mass is 35.5. The van der Waals surface area contributed by atoms with Crippen molar-refractivity contribution in [2.24, 2.45) is 0 Å². The Labute approximate surface area is 152 Å². The van der Waals surface area contributed by atoms with E-state index in [1.165, 1.54) is 11.5 Å². The first-order valence-corrected chi connectivity index (χ1v) is 8.24. The second-order valence-electron chi connectivity index (χ2n) is 5.22. The van der Waals surface area contributed by atoms with Crippen molar-refractivity contribution in [2.45, 2.75) is 19.4 Å². The molecule has 2 aliphatic rings. The monoisotopic (exact) mass is 383 g/mol. The van der Waals surface area contributed by atoms with E-state index in [1.54, 1.807) is 0 Å². The van der Waals surface area contributed by atoms with Gasteiger partial charge in [0.25, 0.3) is 5.91 Å². The Morgan fingerprint density at radius 2 is 2.09 bits per heavy atom. The molecule has 1 atom stereocenters. The van der Waals surface area contributed by atoms with Gasteiger partial charge >= 0.3 is 0 Å². The first kappa shape index (κ1) is 20.4. The second-order valence-corrected chi connectivity index (χ2v) is 5.95. The number of carbonyl (C=O) groups is 1. The molecule has 23 heavy (non-hydrogen) atoms. The number of morpholine rings is 1. The van der Waals surface area contributed by atoms with Gasteiger partial charge in [-0.15, -0.1) is 24.8 Å². The van der Waals surface area contributed by atoms with Crippen LogP contribution >= 0.6 is 36.3 Å². The van der Waals surface area contributed by atoms with Crippen LogP contribution in [0.3, 0.4) is 0 Å². The topological polar surface area (TPSA) is 70.6 Å². The maximum Gasteiger partial charge on any atom is 0.253 e. The van der Waals surface area contributed by atoms with Crippen LogP contribution in [-0.2, 0) is 16.0 Å². The van der Waals surface area contributed by atoms with Gasteiger partial charge in [0.15, 0.2) is 0 Å². The lowest BCUT2D eigenvalue weighted by molar-refractivity contribution is -0.145. The van der Waals surface area contributed by atoms with Crippen molar-refractivity contribution in [2.75, 3.05) is 50.8 Å². The minimum Gasteiger partial charge on any atom is -0.366 e. The Morgan fingerprint density at radius 3 is 2.65 bits per heavy atom. The number of nitrogens with one attached hydrogen (secondary N) is 1. The summed E-state index contributed by atoms with van der Waals surface area (Å²) >= 11 is 1.45. The molecule has 7 nitrogen and oxygen atoms in total. The van der Waals surface area contributed by atoms with E-state index in [9.17, 15) is 4.79 Å². The van der Waals surface area contributed by atoms with Gasteiger partial charge in [0.05, 0.1) is 6.61 Å². The molecule has 2 fully saturated rings. The van der Waals surface area contributed by atoms with Crippen molar-refractivity contribution in [3.63, 3.8) is 0 Å². The summed E-state index contributed by atoms with van der Waals surface area (Å²) in [7, 11) is 0. The molecular weight excluding hydrogens is 361 g/mol. The summed E-state index contributed by atoms with van der Waals surface area (Å²) in [6.45, 7) is 7.18. The molecule has 1 aromatic heterocycles. The molecule has 0 aromatic carbocycles. The van der Waals surface area contributed by atoms with Crippen molar-refractivity contribution in [1.82, 2.24) is 19.6 Å². The number of amides is 1. The van der Waals surface area contributed by atoms with Crippen LogP contribution in [0.25, 0.3) is 0 Å². The van der Waals surface area contributed by atoms with Gasteiger partial charge in [-0.1, -0.05) is 6.92 Å². The normalized spacial score (nSPS) is 21.3. The summed E-state index contributed by atoms with van der Waals surface area (Å²) in [5, 5.41) is 4.17. The number of rotatable bonds is 3. The average Bonchev–Trinajstić information content (AvgIpc) is 3.04. The van der Waals surface area contributed by atoms with Crippen molar-refractivity contribution >= 4 is 47.4 Å². The van der Waals surface area contributed by atoms with Gasteiger partial charge < -0.3 is 19.9 Å². The molecule has 0 aliphatic carbocycles. The number of hydrogen-bond acceptors (Lipinski definition) is 7. The number of hydrogen-bond donors (Lipinski definition) is 1. The number of anilines is 1. The maximum atomic E-state index is 12.4. The Morgan fingerprint density at radius 1 is 1.35 bits per heavy atom. The summed E-state index contributed by atoms with van der Waals surface area (Å²) in [6.07, 6.45) is 0.541. The van der Waals surface area contributed by atoms with E-state index in [1.807, 2.05) is 4.90 Å². The van der Waals surface area contributed by atoms with Crippen LogP contribution in [0.15, 0.2) is 0 Å². The molecule has 1 unspecified atom stereocenters. The zero-order chi connectivity index (χ0) is 14.7. The standard InChI is InChI=1S/C13H21N5O2S.2ClH/c1-2-11-15-13(21-16-11)18-6-4-17(5-7-18)12(19)10-9-14-3-8-20-10;;/h10,14H,2-9H2,1H3;2*1H. The number of halogens is 2. The summed E-state index contributed by atoms with van der Waals surface area (Å²) in [5.41, 5.74) is 0. The number of aromatic nitrogens is 2. The van der Waals surface area contributed by atoms with E-state index >= 15 is 0 Å². The minimum absolute atomic E-state index is 0. The Hall–Kier alpha value is -0.670. The van der Waals surface area contributed by atoms with Gasteiger partial charge in [-0.25, -0.2) is 4.98 Å². The van der Waals surface area contributed by atoms with Crippen molar-refractivity contribution in [3.8, 4) is 0 Å². The molecule has 1 aromatic rings. The SMILES string of the molecule is CCc1nsc(N2CCN(C(=O)C3CNCCO3)CC2)n1.Cl.Cl. The Bertz CT molecular complexity index is 490. The highest BCUT2D eigenvalue weighted by Gasteiger charge is 2.29. The van der Waals surface area contributed by atoms with E-state index in [2.05, 4.69) is 26.5 Å². The lowest BCUT2D eigenvalue weighted by atomic mass is 10.2. The first-order valence-electron chi connectivity index (χ1n) is 7.46. The van der Waals surface area contributed by atoms with Crippen molar-refractivity contribution < 1.29 is 9.53 Å². The zero-order valence-corrected chi connectivity index (χ0v) is 15.5. The molecule has 1 amide bonds. The van der Waals surface area contributed by atoms with Gasteiger partial charge in [-0.2, -0.15) is 4.37 Å². The fourth-order valence-corrected chi connectivity index (χ4v) is 3.36. The second kappa shape index (κ2) is 9.58. The average molecular weight is 384 g/mol. The largest absolute Gasteiger partial charge is 0.366 e. The molecule has 3 rings (SSSR count). The summed E-state index contributed by atoms with van der Waals surface area (Å²) in [5.74, 6) is 1.00. The molecule has 0 spiro atoms. The molecule has 132 valence electrons. The molecule has 0 radical (unpaired) electrons. The zero-order valence-electron chi connectivity index (χ0n) is 13.1. The van der Waals surface area contributed by atoms with Gasteiger partial charge in [-0.05, 0) is 0 Å². The first-order chi connectivity index (χ1) is 10.3. The van der Waals surface area contributed by atoms with E-state index in [0.717, 1.165) is 50.1 Å². The highest BCUT2D eigenvalue weighted by Crippen LogP contribution is 2.19. The van der Waals surface area contributed by atoms with Crippen LogP contribution in [0.4, 0.5) is 5.13 Å². The third-order valence-corrected chi connectivity index (χ3v) is 4.65. The smallest absolute Gasteiger partial charge is 0.253 e. The van der Waals surface area contributed by atoms with Gasteiger partial charge in [0.2, 0.25) is 5.13 Å². The predicted molar refractivity (Wildman–Crippen MR) is 95.2 cm³/mol. The number of aryl methyl sites for hydroxylation is 1. The lowest BCUT2D eigenvalue weighted by Gasteiger charge is -2.36. The Kier molecular flexibility index (Phi) is 8.49. The van der Waals surface area contributed by atoms with Crippen LogP contribution in [0, 0.1) is 0 Å². The minimum atomic E-state index is -0.321. The van der Waals surface area contributed by atoms with Crippen molar-refractivity contribution in [1.29, 1.82) is 0 Å². The van der Waals surface area contributed by atoms with E-state index in [-0.39, 0.29) is 36.8 Å². The summed E-state index contributed by atoms with van der Waals surface area (Å²) < 4.78 is 9.85. The highest BCUT2D eigenvalue weighted by molar-refractivity contribution is 7.09. The molecule has 10 heteroatoms. The fraction of sp³-hybridized carbons (Fsp3) is 0.769. The van der Waals surface area contributed by atoms with Crippen molar-refractivity contribution in [3.05, 3.63) is 5.82 Å². The maximum absolute atomic E-state index is 12.4. The molecule has 0 saturated carbocycles. The molecule has 0 bridgehead atoms. The van der Waals surface area contributed by atoms with E-state index in [0.29, 0.717) is 13.2 Å². The van der Waals surface area contributed by atoms with E-state index < -0.39 is 0 Å². The lowest BCUT2D eigenvalue weighted by Crippen LogP contribution is -2.55. The molecule has 2 aliphatic heterocycles. The van der Waals surface area contributed by atoms with Gasteiger partial charge in [-0.3, -0.25) is 4.79 Å². The van der Waals surface area contributed by atoms with Crippen LogP contribution in [0.2, 0.25) is 0 Å².